The molecular formula is C24H39N5O3. The van der Waals surface area contributed by atoms with Crippen LogP contribution < -0.4 is 21.1 Å². The molecular weight excluding hydrogens is 406 g/mol. The van der Waals surface area contributed by atoms with E-state index in [9.17, 15) is 9.59 Å². The highest BCUT2D eigenvalue weighted by Crippen LogP contribution is 2.51. The second-order valence-corrected chi connectivity index (χ2v) is 9.95. The van der Waals surface area contributed by atoms with E-state index in [2.05, 4.69) is 43.4 Å². The molecule has 1 aromatic rings. The minimum Gasteiger partial charge on any atom is -0.477 e. The van der Waals surface area contributed by atoms with Crippen LogP contribution in [0.5, 0.6) is 5.88 Å². The Balaban J connectivity index is 1.72. The number of rotatable bonds is 10. The maximum Gasteiger partial charge on any atom is 0.258 e. The quantitative estimate of drug-likeness (QED) is 0.513. The molecule has 2 saturated carbocycles. The highest BCUT2D eigenvalue weighted by atomic mass is 16.5. The van der Waals surface area contributed by atoms with Crippen molar-refractivity contribution in [3.8, 4) is 5.88 Å². The second kappa shape index (κ2) is 11.0. The van der Waals surface area contributed by atoms with Crippen molar-refractivity contribution in [1.82, 2.24) is 20.4 Å². The van der Waals surface area contributed by atoms with Crippen molar-refractivity contribution in [1.29, 1.82) is 0 Å². The second-order valence-electron chi connectivity index (χ2n) is 9.95. The lowest BCUT2D eigenvalue weighted by Crippen LogP contribution is -2.41. The summed E-state index contributed by atoms with van der Waals surface area (Å²) in [6, 6.07) is 0.195. The van der Waals surface area contributed by atoms with Crippen LogP contribution >= 0.6 is 0 Å². The monoisotopic (exact) mass is 445 g/mol. The molecule has 2 aliphatic rings. The Kier molecular flexibility index (Phi) is 8.34. The van der Waals surface area contributed by atoms with Crippen molar-refractivity contribution in [2.45, 2.75) is 59.4 Å². The van der Waals surface area contributed by atoms with E-state index in [1.54, 1.807) is 18.5 Å². The first-order valence-corrected chi connectivity index (χ1v) is 11.9. The zero-order chi connectivity index (χ0) is 23.3. The van der Waals surface area contributed by atoms with Crippen molar-refractivity contribution in [3.63, 3.8) is 0 Å². The number of nitrogens with one attached hydrogen (secondary N) is 2. The van der Waals surface area contributed by atoms with Crippen molar-refractivity contribution < 1.29 is 14.3 Å². The van der Waals surface area contributed by atoms with Crippen molar-refractivity contribution in [3.05, 3.63) is 17.8 Å². The first kappa shape index (κ1) is 24.3. The number of hydrogen-bond donors (Lipinski definition) is 3. The average Bonchev–Trinajstić information content (AvgIpc) is 3.38. The highest BCUT2D eigenvalue weighted by Gasteiger charge is 2.48. The summed E-state index contributed by atoms with van der Waals surface area (Å²) in [5.74, 6) is 2.95. The minimum atomic E-state index is -0.138. The molecule has 8 heteroatoms. The van der Waals surface area contributed by atoms with Crippen LogP contribution in [0.25, 0.3) is 6.20 Å². The van der Waals surface area contributed by atoms with Crippen LogP contribution in [-0.4, -0.2) is 47.3 Å². The smallest absolute Gasteiger partial charge is 0.258 e. The molecule has 8 nitrogen and oxygen atoms in total. The fraction of sp³-hybridized carbons (Fsp3) is 0.708. The van der Waals surface area contributed by atoms with Gasteiger partial charge in [0.2, 0.25) is 11.8 Å². The molecule has 0 spiro atoms. The van der Waals surface area contributed by atoms with Gasteiger partial charge in [0.15, 0.2) is 0 Å². The molecule has 178 valence electrons. The predicted molar refractivity (Wildman–Crippen MR) is 125 cm³/mol. The van der Waals surface area contributed by atoms with Crippen molar-refractivity contribution in [2.24, 2.45) is 35.3 Å². The number of nitrogens with two attached hydrogens (primary N) is 1. The first-order valence-electron chi connectivity index (χ1n) is 11.9. The Labute approximate surface area is 191 Å². The number of carbonyl (C=O) groups excluding carboxylic acids is 2. The zero-order valence-electron chi connectivity index (χ0n) is 19.8. The summed E-state index contributed by atoms with van der Waals surface area (Å²) in [7, 11) is 0. The number of hydrogen-bond acceptors (Lipinski definition) is 5. The van der Waals surface area contributed by atoms with E-state index in [-0.39, 0.29) is 24.3 Å². The third-order valence-electron chi connectivity index (χ3n) is 6.39. The van der Waals surface area contributed by atoms with Gasteiger partial charge in [-0.05, 0) is 48.9 Å². The van der Waals surface area contributed by atoms with Crippen LogP contribution in [0.4, 0.5) is 0 Å². The topological polar surface area (TPSA) is 111 Å². The molecule has 32 heavy (non-hydrogen) atoms. The maximum atomic E-state index is 13.3. The number of ether oxygens (including phenoxy) is 1. The minimum absolute atomic E-state index is 0.114. The van der Waals surface area contributed by atoms with E-state index < -0.39 is 0 Å². The lowest BCUT2D eigenvalue weighted by atomic mass is 9.90. The van der Waals surface area contributed by atoms with Gasteiger partial charge in [0.25, 0.3) is 5.91 Å². The van der Waals surface area contributed by atoms with Gasteiger partial charge in [-0.1, -0.05) is 33.8 Å². The summed E-state index contributed by atoms with van der Waals surface area (Å²) in [6.07, 6.45) is 8.75. The Morgan fingerprint density at radius 2 is 2.09 bits per heavy atom. The van der Waals surface area contributed by atoms with E-state index in [4.69, 9.17) is 10.5 Å². The van der Waals surface area contributed by atoms with E-state index in [0.717, 1.165) is 12.3 Å². The average molecular weight is 446 g/mol. The third-order valence-corrected chi connectivity index (χ3v) is 6.39. The van der Waals surface area contributed by atoms with Crippen LogP contribution in [0, 0.1) is 29.6 Å². The standard InChI is InChI=1S/C24H39N5O3/c1-15(2)14-32-24-20(13-27-29(24)9-5-6-21(30)26-8-7-25)23(31)28-22-17(4)10-16(3)11-18-12-19(18)22/h5,9,13,15-19,22H,6-8,10-12,14,25H2,1-4H3,(H,26,30)(H,28,31)/b9-5+. The molecule has 0 bridgehead atoms. The molecule has 5 unspecified atom stereocenters. The fourth-order valence-electron chi connectivity index (χ4n) is 4.82. The molecule has 0 aliphatic heterocycles. The molecule has 4 N–H and O–H groups in total. The Hall–Kier alpha value is -2.35. The Morgan fingerprint density at radius 1 is 1.31 bits per heavy atom. The van der Waals surface area contributed by atoms with Gasteiger partial charge in [-0.15, -0.1) is 0 Å². The number of carbonyl (C=O) groups is 2. The largest absolute Gasteiger partial charge is 0.477 e. The summed E-state index contributed by atoms with van der Waals surface area (Å²) in [5.41, 5.74) is 5.84. The lowest BCUT2D eigenvalue weighted by molar-refractivity contribution is -0.120. The van der Waals surface area contributed by atoms with Gasteiger partial charge in [0, 0.05) is 31.8 Å². The molecule has 3 rings (SSSR count). The number of fused-ring (bicyclic) bond motifs is 1. The van der Waals surface area contributed by atoms with Gasteiger partial charge >= 0.3 is 0 Å². The van der Waals surface area contributed by atoms with E-state index >= 15 is 0 Å². The van der Waals surface area contributed by atoms with Crippen LogP contribution in [-0.2, 0) is 4.79 Å². The lowest BCUT2D eigenvalue weighted by Gasteiger charge is -2.25. The zero-order valence-corrected chi connectivity index (χ0v) is 19.8. The summed E-state index contributed by atoms with van der Waals surface area (Å²) >= 11 is 0. The fourth-order valence-corrected chi connectivity index (χ4v) is 4.82. The molecule has 0 aromatic carbocycles. The molecule has 0 radical (unpaired) electrons. The normalized spacial score (nSPS) is 27.1. The van der Waals surface area contributed by atoms with Crippen LogP contribution in [0.3, 0.4) is 0 Å². The molecule has 1 heterocycles. The van der Waals surface area contributed by atoms with Gasteiger partial charge in [0.1, 0.15) is 5.56 Å². The summed E-state index contributed by atoms with van der Waals surface area (Å²) in [6.45, 7) is 10.0. The van der Waals surface area contributed by atoms with E-state index in [0.29, 0.717) is 54.8 Å². The highest BCUT2D eigenvalue weighted by molar-refractivity contribution is 5.96. The van der Waals surface area contributed by atoms with Crippen LogP contribution in [0.1, 0.15) is 63.7 Å². The number of aromatic nitrogens is 2. The number of amides is 2. The van der Waals surface area contributed by atoms with Crippen molar-refractivity contribution >= 4 is 18.0 Å². The summed E-state index contributed by atoms with van der Waals surface area (Å²) in [4.78, 5) is 25.1. The van der Waals surface area contributed by atoms with Crippen LogP contribution in [0.15, 0.2) is 12.3 Å². The SMILES string of the molecule is CC(C)COc1c(C(=O)NC2C(C)CC(C)CC3CC32)cnn1/C=C/CC(=O)NCCN. The molecule has 1 aromatic heterocycles. The van der Waals surface area contributed by atoms with E-state index in [1.165, 1.54) is 17.5 Å². The third kappa shape index (κ3) is 6.34. The van der Waals surface area contributed by atoms with Gasteiger partial charge in [-0.3, -0.25) is 9.59 Å². The summed E-state index contributed by atoms with van der Waals surface area (Å²) < 4.78 is 7.51. The molecule has 5 atom stereocenters. The first-order chi connectivity index (χ1) is 15.3. The van der Waals surface area contributed by atoms with Gasteiger partial charge in [0.05, 0.1) is 12.8 Å². The molecule has 2 aliphatic carbocycles. The van der Waals surface area contributed by atoms with Gasteiger partial charge < -0.3 is 21.1 Å². The van der Waals surface area contributed by atoms with Gasteiger partial charge in [-0.25, -0.2) is 4.68 Å². The van der Waals surface area contributed by atoms with Crippen molar-refractivity contribution in [2.75, 3.05) is 19.7 Å². The van der Waals surface area contributed by atoms with Gasteiger partial charge in [-0.2, -0.15) is 5.10 Å². The maximum absolute atomic E-state index is 13.3. The number of nitrogens with zero attached hydrogens (tertiary/aromatic N) is 2. The molecule has 0 saturated heterocycles. The molecule has 2 amide bonds. The van der Waals surface area contributed by atoms with Crippen LogP contribution in [0.2, 0.25) is 0 Å². The van der Waals surface area contributed by atoms with E-state index in [1.807, 2.05) is 0 Å². The predicted octanol–water partition coefficient (Wildman–Crippen LogP) is 2.65. The molecule has 2 fully saturated rings. The Morgan fingerprint density at radius 3 is 2.81 bits per heavy atom. The summed E-state index contributed by atoms with van der Waals surface area (Å²) in [5, 5.41) is 10.4. The Bertz CT molecular complexity index is 819.